The average molecular weight is 553 g/mol. The molecule has 5 rings (SSSR count). The average Bonchev–Trinajstić information content (AvgIpc) is 3.47. The summed E-state index contributed by atoms with van der Waals surface area (Å²) in [7, 11) is 0. The summed E-state index contributed by atoms with van der Waals surface area (Å²) in [6.07, 6.45) is 9.77. The van der Waals surface area contributed by atoms with Gasteiger partial charge in [0.05, 0.1) is 26.9 Å². The van der Waals surface area contributed by atoms with Gasteiger partial charge < -0.3 is 10.4 Å². The number of aliphatic imine (C=N–C) groups is 1. The third kappa shape index (κ3) is 5.47. The van der Waals surface area contributed by atoms with Crippen LogP contribution >= 0.6 is 0 Å². The van der Waals surface area contributed by atoms with E-state index in [0.29, 0.717) is 23.2 Å². The zero-order valence-corrected chi connectivity index (χ0v) is 21.1. The van der Waals surface area contributed by atoms with Gasteiger partial charge in [-0.15, -0.1) is 0 Å². The molecule has 0 saturated heterocycles. The number of aromatic nitrogens is 4. The number of carboxylic acid groups (broad SMARTS) is 1. The van der Waals surface area contributed by atoms with Gasteiger partial charge in [0, 0.05) is 54.5 Å². The van der Waals surface area contributed by atoms with E-state index in [2.05, 4.69) is 30.2 Å². The Hall–Kier alpha value is -5.92. The number of nitro groups is 2. The highest BCUT2D eigenvalue weighted by Crippen LogP contribution is 2.34. The van der Waals surface area contributed by atoms with Crippen LogP contribution < -0.4 is 5.32 Å². The number of nitro benzene ring substituents is 1. The summed E-state index contributed by atoms with van der Waals surface area (Å²) in [5.41, 5.74) is 0.220. The number of nitrogens with one attached hydrogen (secondary N) is 1. The van der Waals surface area contributed by atoms with E-state index in [1.807, 2.05) is 6.08 Å². The number of hydrogen-bond donors (Lipinski definition) is 2. The highest BCUT2D eigenvalue weighted by Gasteiger charge is 2.32. The molecule has 3 aromatic heterocycles. The quantitative estimate of drug-likeness (QED) is 0.208. The Labute approximate surface area is 231 Å². The van der Waals surface area contributed by atoms with E-state index in [4.69, 9.17) is 0 Å². The molecule has 0 fully saturated rings. The lowest BCUT2D eigenvalue weighted by atomic mass is 9.92. The van der Waals surface area contributed by atoms with E-state index < -0.39 is 21.4 Å². The number of carbonyl (C=O) groups is 1. The van der Waals surface area contributed by atoms with Crippen LogP contribution in [0.2, 0.25) is 0 Å². The topological polar surface area (TPSA) is 200 Å². The molecule has 204 valence electrons. The maximum absolute atomic E-state index is 12.4. The molecular formula is C27H20N8O6. The van der Waals surface area contributed by atoms with Gasteiger partial charge in [-0.3, -0.25) is 35.2 Å². The third-order valence-corrected chi connectivity index (χ3v) is 6.38. The van der Waals surface area contributed by atoms with Crippen molar-refractivity contribution >= 4 is 29.5 Å². The Bertz CT molecular complexity index is 1680. The molecule has 4 aromatic rings. The maximum Gasteiger partial charge on any atom is 0.340 e. The molecule has 0 radical (unpaired) electrons. The third-order valence-electron chi connectivity index (χ3n) is 6.38. The largest absolute Gasteiger partial charge is 0.478 e. The molecule has 4 heterocycles. The summed E-state index contributed by atoms with van der Waals surface area (Å²) < 4.78 is 0. The molecule has 0 amide bonds. The number of rotatable bonds is 10. The van der Waals surface area contributed by atoms with Crippen molar-refractivity contribution in [3.8, 4) is 22.5 Å². The number of carboxylic acids is 1. The normalized spacial score (nSPS) is 15.5. The zero-order valence-electron chi connectivity index (χ0n) is 21.1. The summed E-state index contributed by atoms with van der Waals surface area (Å²) >= 11 is 0. The number of hydrogen-bond acceptors (Lipinski definition) is 11. The first-order chi connectivity index (χ1) is 19.8. The van der Waals surface area contributed by atoms with Crippen LogP contribution in [0.4, 0.5) is 17.3 Å². The summed E-state index contributed by atoms with van der Waals surface area (Å²) in [6, 6.07) is 11.6. The second-order valence-corrected chi connectivity index (χ2v) is 8.86. The molecule has 0 saturated carbocycles. The van der Waals surface area contributed by atoms with E-state index >= 15 is 0 Å². The van der Waals surface area contributed by atoms with Gasteiger partial charge >= 0.3 is 5.97 Å². The van der Waals surface area contributed by atoms with Crippen molar-refractivity contribution in [2.24, 2.45) is 4.99 Å². The number of anilines is 1. The molecular weight excluding hydrogens is 532 g/mol. The van der Waals surface area contributed by atoms with Crippen molar-refractivity contribution in [3.05, 3.63) is 111 Å². The van der Waals surface area contributed by atoms with Crippen LogP contribution in [0.25, 0.3) is 22.5 Å². The van der Waals surface area contributed by atoms with Crippen molar-refractivity contribution in [1.29, 1.82) is 0 Å². The van der Waals surface area contributed by atoms with Crippen molar-refractivity contribution in [3.63, 3.8) is 0 Å². The molecule has 1 aliphatic heterocycles. The standard InChI is InChI=1S/C27H20N8O6/c36-25(37)22-23(17-2-4-19(5-3-17)34(38)39)32-26(33-24(22)18-8-13-28-14-9-18)29-15-11-27(10-1-12-31-27)21-7-6-20(16-30-21)35(40)41/h1-10,12-14,16H,11,15H2,(H,36,37)(H,29,32,33). The molecule has 1 aromatic carbocycles. The van der Waals surface area contributed by atoms with Crippen LogP contribution in [0.3, 0.4) is 0 Å². The van der Waals surface area contributed by atoms with Gasteiger partial charge in [-0.25, -0.2) is 14.8 Å². The maximum atomic E-state index is 12.4. The van der Waals surface area contributed by atoms with E-state index in [9.17, 15) is 30.1 Å². The first-order valence-corrected chi connectivity index (χ1v) is 12.2. The van der Waals surface area contributed by atoms with Gasteiger partial charge in [0.15, 0.2) is 0 Å². The molecule has 2 N–H and O–H groups in total. The number of non-ortho nitro benzene ring substituents is 1. The van der Waals surface area contributed by atoms with E-state index in [-0.39, 0.29) is 40.8 Å². The highest BCUT2D eigenvalue weighted by atomic mass is 16.6. The minimum atomic E-state index is -1.27. The number of pyridine rings is 2. The van der Waals surface area contributed by atoms with Crippen molar-refractivity contribution in [1.82, 2.24) is 19.9 Å². The molecule has 41 heavy (non-hydrogen) atoms. The van der Waals surface area contributed by atoms with Crippen LogP contribution in [0.1, 0.15) is 22.5 Å². The van der Waals surface area contributed by atoms with Gasteiger partial charge in [0.2, 0.25) is 5.95 Å². The SMILES string of the molecule is O=C(O)c1c(-c2ccncc2)nc(NCCC2(c3ccc([N+](=O)[O-])cn3)C=CC=N2)nc1-c1ccc([N+](=O)[O-])cc1. The fourth-order valence-electron chi connectivity index (χ4n) is 4.37. The molecule has 1 unspecified atom stereocenters. The smallest absolute Gasteiger partial charge is 0.340 e. The van der Waals surface area contributed by atoms with Gasteiger partial charge in [0.1, 0.15) is 17.3 Å². The van der Waals surface area contributed by atoms with E-state index in [1.54, 1.807) is 30.5 Å². The molecule has 14 nitrogen and oxygen atoms in total. The fourth-order valence-corrected chi connectivity index (χ4v) is 4.37. The zero-order chi connectivity index (χ0) is 29.0. The second kappa shape index (κ2) is 11.1. The number of nitrogens with zero attached hydrogens (tertiary/aromatic N) is 7. The monoisotopic (exact) mass is 552 g/mol. The molecule has 0 aliphatic carbocycles. The van der Waals surface area contributed by atoms with Crippen molar-refractivity contribution in [2.75, 3.05) is 11.9 Å². The lowest BCUT2D eigenvalue weighted by Gasteiger charge is -2.24. The molecule has 0 spiro atoms. The molecule has 0 bridgehead atoms. The van der Waals surface area contributed by atoms with E-state index in [1.165, 1.54) is 48.9 Å². The molecule has 1 atom stereocenters. The summed E-state index contributed by atoms with van der Waals surface area (Å²) in [5, 5.41) is 35.5. The summed E-state index contributed by atoms with van der Waals surface area (Å²) in [5.74, 6) is -1.15. The molecule has 14 heteroatoms. The highest BCUT2D eigenvalue weighted by molar-refractivity contribution is 6.01. The van der Waals surface area contributed by atoms with Crippen LogP contribution in [0.15, 0.2) is 84.3 Å². The minimum absolute atomic E-state index is 0.0715. The number of allylic oxidation sites excluding steroid dienone is 1. The van der Waals surface area contributed by atoms with Crippen LogP contribution in [0, 0.1) is 20.2 Å². The first-order valence-electron chi connectivity index (χ1n) is 12.2. The molecule has 1 aliphatic rings. The van der Waals surface area contributed by atoms with Crippen LogP contribution in [0.5, 0.6) is 0 Å². The van der Waals surface area contributed by atoms with Gasteiger partial charge in [-0.2, -0.15) is 0 Å². The van der Waals surface area contributed by atoms with E-state index in [0.717, 1.165) is 0 Å². The number of aromatic carboxylic acids is 1. The predicted octanol–water partition coefficient (Wildman–Crippen LogP) is 4.45. The van der Waals surface area contributed by atoms with Crippen LogP contribution in [-0.4, -0.2) is 53.6 Å². The van der Waals surface area contributed by atoms with Gasteiger partial charge in [0.25, 0.3) is 11.4 Å². The van der Waals surface area contributed by atoms with Crippen molar-refractivity contribution in [2.45, 2.75) is 12.0 Å². The first kappa shape index (κ1) is 26.7. The second-order valence-electron chi connectivity index (χ2n) is 8.86. The lowest BCUT2D eigenvalue weighted by Crippen LogP contribution is -2.25. The Balaban J connectivity index is 1.50. The van der Waals surface area contributed by atoms with Crippen molar-refractivity contribution < 1.29 is 19.7 Å². The summed E-state index contributed by atoms with van der Waals surface area (Å²) in [4.78, 5) is 55.3. The van der Waals surface area contributed by atoms with Gasteiger partial charge in [-0.1, -0.05) is 0 Å². The van der Waals surface area contributed by atoms with Crippen LogP contribution in [-0.2, 0) is 5.54 Å². The Morgan fingerprint density at radius 1 is 0.902 bits per heavy atom. The summed E-state index contributed by atoms with van der Waals surface area (Å²) in [6.45, 7) is 0.266. The Kier molecular flexibility index (Phi) is 7.19. The lowest BCUT2D eigenvalue weighted by molar-refractivity contribution is -0.385. The number of benzene rings is 1. The minimum Gasteiger partial charge on any atom is -0.478 e. The Morgan fingerprint density at radius 3 is 2.07 bits per heavy atom. The van der Waals surface area contributed by atoms with Gasteiger partial charge in [-0.05, 0) is 48.9 Å². The predicted molar refractivity (Wildman–Crippen MR) is 148 cm³/mol. The fraction of sp³-hybridized carbons (Fsp3) is 0.111. The Morgan fingerprint density at radius 2 is 1.54 bits per heavy atom.